The Kier molecular flexibility index (Phi) is 3.48. The van der Waals surface area contributed by atoms with E-state index in [2.05, 4.69) is 4.99 Å². The number of nitrogens with zero attached hydrogens (tertiary/aromatic N) is 2. The van der Waals surface area contributed by atoms with Gasteiger partial charge in [0.15, 0.2) is 5.17 Å². The van der Waals surface area contributed by atoms with Crippen LogP contribution in [0.25, 0.3) is 0 Å². The Morgan fingerprint density at radius 3 is 2.89 bits per heavy atom. The minimum atomic E-state index is -1.11. The number of amidine groups is 1. The highest BCUT2D eigenvalue weighted by atomic mass is 32.2. The summed E-state index contributed by atoms with van der Waals surface area (Å²) < 4.78 is 5.54. The zero-order valence-electron chi connectivity index (χ0n) is 9.68. The van der Waals surface area contributed by atoms with Crippen molar-refractivity contribution in [3.05, 3.63) is 0 Å². The monoisotopic (exact) mass is 276 g/mol. The van der Waals surface area contributed by atoms with E-state index in [-0.39, 0.29) is 12.0 Å². The molecule has 0 aliphatic carbocycles. The molecule has 3 aliphatic heterocycles. The molecule has 102 valence electrons. The van der Waals surface area contributed by atoms with Gasteiger partial charge in [0.05, 0.1) is 19.8 Å². The second-order valence-corrected chi connectivity index (χ2v) is 5.58. The SMILES string of the molecule is OC[C@H]1O[C@@H]2SC(N3CCCO3)=N[C@@H]2[C@@H](O)[C@@H]1O. The van der Waals surface area contributed by atoms with Crippen molar-refractivity contribution in [1.82, 2.24) is 5.06 Å². The molecule has 5 atom stereocenters. The van der Waals surface area contributed by atoms with Crippen LogP contribution in [0.2, 0.25) is 0 Å². The minimum Gasteiger partial charge on any atom is -0.394 e. The van der Waals surface area contributed by atoms with Crippen molar-refractivity contribution in [2.75, 3.05) is 19.8 Å². The maximum absolute atomic E-state index is 9.99. The average molecular weight is 276 g/mol. The first-order valence-electron chi connectivity index (χ1n) is 5.98. The second kappa shape index (κ2) is 4.95. The highest BCUT2D eigenvalue weighted by Gasteiger charge is 2.49. The van der Waals surface area contributed by atoms with E-state index in [0.717, 1.165) is 13.0 Å². The van der Waals surface area contributed by atoms with Crippen LogP contribution in [-0.4, -0.2) is 75.1 Å². The largest absolute Gasteiger partial charge is 0.394 e. The van der Waals surface area contributed by atoms with Gasteiger partial charge in [0.25, 0.3) is 0 Å². The van der Waals surface area contributed by atoms with Crippen molar-refractivity contribution in [2.45, 2.75) is 36.2 Å². The number of rotatable bonds is 1. The highest BCUT2D eigenvalue weighted by Crippen LogP contribution is 2.37. The molecule has 0 saturated carbocycles. The number of aliphatic hydroxyl groups excluding tert-OH is 3. The van der Waals surface area contributed by atoms with E-state index in [9.17, 15) is 10.2 Å². The number of hydrogen-bond donors (Lipinski definition) is 3. The molecule has 0 radical (unpaired) electrons. The predicted octanol–water partition coefficient (Wildman–Crippen LogP) is -1.47. The lowest BCUT2D eigenvalue weighted by Gasteiger charge is -2.37. The summed E-state index contributed by atoms with van der Waals surface area (Å²) in [5.41, 5.74) is -0.375. The summed E-state index contributed by atoms with van der Waals surface area (Å²) in [4.78, 5) is 9.75. The van der Waals surface area contributed by atoms with Gasteiger partial charge in [-0.3, -0.25) is 9.83 Å². The second-order valence-electron chi connectivity index (χ2n) is 4.52. The van der Waals surface area contributed by atoms with E-state index in [1.165, 1.54) is 11.8 Å². The number of hydroxylamine groups is 2. The van der Waals surface area contributed by atoms with Gasteiger partial charge in [-0.15, -0.1) is 0 Å². The average Bonchev–Trinajstić information content (AvgIpc) is 3.01. The van der Waals surface area contributed by atoms with Gasteiger partial charge in [-0.1, -0.05) is 11.8 Å². The molecule has 0 bridgehead atoms. The van der Waals surface area contributed by atoms with Gasteiger partial charge in [-0.2, -0.15) is 0 Å². The fraction of sp³-hybridized carbons (Fsp3) is 0.900. The van der Waals surface area contributed by atoms with Gasteiger partial charge < -0.3 is 20.1 Å². The van der Waals surface area contributed by atoms with Crippen LogP contribution < -0.4 is 0 Å². The lowest BCUT2D eigenvalue weighted by molar-refractivity contribution is -0.164. The molecular formula is C10H16N2O5S. The molecular weight excluding hydrogens is 260 g/mol. The summed E-state index contributed by atoms with van der Waals surface area (Å²) >= 11 is 1.36. The molecule has 18 heavy (non-hydrogen) atoms. The molecule has 2 fully saturated rings. The first-order valence-corrected chi connectivity index (χ1v) is 6.86. The van der Waals surface area contributed by atoms with Gasteiger partial charge in [-0.05, 0) is 6.42 Å². The topological polar surface area (TPSA) is 94.8 Å². The first kappa shape index (κ1) is 12.6. The third kappa shape index (κ3) is 2.02. The van der Waals surface area contributed by atoms with Crippen LogP contribution in [0.1, 0.15) is 6.42 Å². The fourth-order valence-corrected chi connectivity index (χ4v) is 3.50. The van der Waals surface area contributed by atoms with Crippen LogP contribution >= 0.6 is 11.8 Å². The third-order valence-electron chi connectivity index (χ3n) is 3.30. The third-order valence-corrected chi connectivity index (χ3v) is 4.44. The summed E-state index contributed by atoms with van der Waals surface area (Å²) in [5.74, 6) is 0. The molecule has 0 aromatic rings. The molecule has 0 amide bonds. The van der Waals surface area contributed by atoms with Gasteiger partial charge in [0.2, 0.25) is 0 Å². The number of aliphatic imine (C=N–C) groups is 1. The maximum Gasteiger partial charge on any atom is 0.186 e. The van der Waals surface area contributed by atoms with Gasteiger partial charge in [0.1, 0.15) is 29.8 Å². The molecule has 0 spiro atoms. The number of thioether (sulfide) groups is 1. The van der Waals surface area contributed by atoms with Gasteiger partial charge in [-0.25, -0.2) is 5.06 Å². The lowest BCUT2D eigenvalue weighted by atomic mass is 9.99. The minimum absolute atomic E-state index is 0.322. The number of hydrogen-bond acceptors (Lipinski definition) is 8. The maximum atomic E-state index is 9.99. The lowest BCUT2D eigenvalue weighted by Crippen LogP contribution is -2.55. The Balaban J connectivity index is 1.74. The van der Waals surface area contributed by atoms with E-state index >= 15 is 0 Å². The summed E-state index contributed by atoms with van der Waals surface area (Å²) in [6, 6.07) is -0.507. The van der Waals surface area contributed by atoms with E-state index in [4.69, 9.17) is 14.7 Å². The number of aliphatic hydroxyl groups is 3. The first-order chi connectivity index (χ1) is 8.70. The Morgan fingerprint density at radius 1 is 1.39 bits per heavy atom. The predicted molar refractivity (Wildman–Crippen MR) is 63.8 cm³/mol. The summed E-state index contributed by atoms with van der Waals surface area (Å²) in [6.45, 7) is 1.12. The molecule has 3 heterocycles. The smallest absolute Gasteiger partial charge is 0.186 e. The quantitative estimate of drug-likeness (QED) is 0.538. The Bertz CT molecular complexity index is 349. The molecule has 3 N–H and O–H groups in total. The molecule has 2 saturated heterocycles. The van der Waals surface area contributed by atoms with Crippen LogP contribution in [-0.2, 0) is 9.57 Å². The van der Waals surface area contributed by atoms with Crippen molar-refractivity contribution in [3.8, 4) is 0 Å². The molecule has 3 rings (SSSR count). The van der Waals surface area contributed by atoms with Crippen molar-refractivity contribution >= 4 is 16.9 Å². The molecule has 8 heteroatoms. The summed E-state index contributed by atoms with van der Waals surface area (Å²) in [5, 5.41) is 31.2. The molecule has 7 nitrogen and oxygen atoms in total. The molecule has 3 aliphatic rings. The van der Waals surface area contributed by atoms with Crippen LogP contribution in [0.4, 0.5) is 0 Å². The highest BCUT2D eigenvalue weighted by molar-refractivity contribution is 8.14. The van der Waals surface area contributed by atoms with Crippen molar-refractivity contribution in [3.63, 3.8) is 0 Å². The Morgan fingerprint density at radius 2 is 2.22 bits per heavy atom. The van der Waals surface area contributed by atoms with E-state index in [0.29, 0.717) is 11.8 Å². The van der Waals surface area contributed by atoms with E-state index in [1.54, 1.807) is 5.06 Å². The normalized spacial score (nSPS) is 44.1. The molecule has 0 aromatic heterocycles. The van der Waals surface area contributed by atoms with Gasteiger partial charge >= 0.3 is 0 Å². The Labute approximate surface area is 108 Å². The number of fused-ring (bicyclic) bond motifs is 1. The van der Waals surface area contributed by atoms with Crippen molar-refractivity contribution < 1.29 is 24.9 Å². The summed E-state index contributed by atoms with van der Waals surface area (Å²) in [6.07, 6.45) is -1.95. The molecule has 0 unspecified atom stereocenters. The Hall–Kier alpha value is -0.380. The van der Waals surface area contributed by atoms with E-state index < -0.39 is 24.4 Å². The summed E-state index contributed by atoms with van der Waals surface area (Å²) in [7, 11) is 0. The fourth-order valence-electron chi connectivity index (χ4n) is 2.29. The van der Waals surface area contributed by atoms with Gasteiger partial charge in [0, 0.05) is 0 Å². The molecule has 0 aromatic carbocycles. The van der Waals surface area contributed by atoms with Crippen molar-refractivity contribution in [1.29, 1.82) is 0 Å². The zero-order valence-corrected chi connectivity index (χ0v) is 10.5. The van der Waals surface area contributed by atoms with Crippen LogP contribution in [0.15, 0.2) is 4.99 Å². The zero-order chi connectivity index (χ0) is 12.7. The van der Waals surface area contributed by atoms with Crippen molar-refractivity contribution in [2.24, 2.45) is 4.99 Å². The number of ether oxygens (including phenoxy) is 1. The van der Waals surface area contributed by atoms with E-state index in [1.807, 2.05) is 0 Å². The standard InChI is InChI=1S/C10H16N2O5S/c13-4-5-7(14)8(15)6-9(17-5)18-10(11-6)12-2-1-3-16-12/h5-9,13-15H,1-4H2/t5-,6-,7-,8-,9-/m1/s1. The van der Waals surface area contributed by atoms with Crippen LogP contribution in [0, 0.1) is 0 Å². The van der Waals surface area contributed by atoms with Crippen LogP contribution in [0.3, 0.4) is 0 Å². The van der Waals surface area contributed by atoms with Crippen LogP contribution in [0.5, 0.6) is 0 Å².